The molecule has 0 aliphatic heterocycles. The van der Waals surface area contributed by atoms with Crippen molar-refractivity contribution < 1.29 is 13.2 Å². The number of rotatable bonds is 7. The highest BCUT2D eigenvalue weighted by atomic mass is 32.2. The number of carbonyl (C=O) groups excluding carboxylic acids is 1. The number of carbonyl (C=O) groups is 1. The molecule has 1 atom stereocenters. The zero-order valence-corrected chi connectivity index (χ0v) is 12.1. The maximum absolute atomic E-state index is 11.5. The molecule has 0 fully saturated rings. The van der Waals surface area contributed by atoms with Gasteiger partial charge in [0.2, 0.25) is 5.91 Å². The number of nitrogens with one attached hydrogen (secondary N) is 2. The van der Waals surface area contributed by atoms with E-state index in [1.165, 1.54) is 0 Å². The molecule has 1 unspecified atom stereocenters. The average Bonchev–Trinajstić information content (AvgIpc) is 2.25. The van der Waals surface area contributed by atoms with Crippen LogP contribution in [0.4, 0.5) is 0 Å². The van der Waals surface area contributed by atoms with Crippen LogP contribution in [0.2, 0.25) is 0 Å². The molecule has 5 nitrogen and oxygen atoms in total. The van der Waals surface area contributed by atoms with E-state index in [2.05, 4.69) is 10.6 Å². The molecule has 6 heteroatoms. The van der Waals surface area contributed by atoms with Crippen LogP contribution in [0.15, 0.2) is 0 Å². The Morgan fingerprint density at radius 3 is 2.29 bits per heavy atom. The predicted molar refractivity (Wildman–Crippen MR) is 69.6 cm³/mol. The van der Waals surface area contributed by atoms with Crippen LogP contribution >= 0.6 is 0 Å². The maximum atomic E-state index is 11.5. The van der Waals surface area contributed by atoms with E-state index < -0.39 is 15.3 Å². The maximum Gasteiger partial charge on any atom is 0.226 e. The standard InChI is InChI=1S/C11H24N2O3S/c1-6-17(15,16)7-9(2)13-8-11(3,4)10(14)12-5/h9,13H,6-8H2,1-5H3,(H,12,14). The summed E-state index contributed by atoms with van der Waals surface area (Å²) in [7, 11) is -1.38. The molecule has 0 aliphatic rings. The third-order valence-electron chi connectivity index (χ3n) is 2.68. The van der Waals surface area contributed by atoms with Crippen LogP contribution in [-0.2, 0) is 14.6 Å². The van der Waals surface area contributed by atoms with E-state index in [4.69, 9.17) is 0 Å². The van der Waals surface area contributed by atoms with Gasteiger partial charge in [0.1, 0.15) is 0 Å². The monoisotopic (exact) mass is 264 g/mol. The Morgan fingerprint density at radius 2 is 1.88 bits per heavy atom. The normalized spacial score (nSPS) is 14.4. The van der Waals surface area contributed by atoms with E-state index in [0.717, 1.165) is 0 Å². The molecule has 17 heavy (non-hydrogen) atoms. The average molecular weight is 264 g/mol. The molecule has 1 amide bonds. The topological polar surface area (TPSA) is 75.3 Å². The van der Waals surface area contributed by atoms with Crippen LogP contribution in [0.1, 0.15) is 27.7 Å². The Bertz CT molecular complexity index is 350. The molecule has 0 aliphatic carbocycles. The Labute approximate surface area is 104 Å². The lowest BCUT2D eigenvalue weighted by atomic mass is 9.92. The second kappa shape index (κ2) is 6.35. The van der Waals surface area contributed by atoms with Crippen LogP contribution in [0.25, 0.3) is 0 Å². The van der Waals surface area contributed by atoms with E-state index >= 15 is 0 Å². The van der Waals surface area contributed by atoms with E-state index in [0.29, 0.717) is 6.54 Å². The minimum atomic E-state index is -2.98. The minimum Gasteiger partial charge on any atom is -0.359 e. The molecule has 0 heterocycles. The summed E-state index contributed by atoms with van der Waals surface area (Å²) in [6.07, 6.45) is 0. The molecular formula is C11H24N2O3S. The van der Waals surface area contributed by atoms with Crippen molar-refractivity contribution in [2.24, 2.45) is 5.41 Å². The molecule has 0 aromatic rings. The van der Waals surface area contributed by atoms with Crippen LogP contribution in [0.3, 0.4) is 0 Å². The fourth-order valence-corrected chi connectivity index (χ4v) is 2.52. The largest absolute Gasteiger partial charge is 0.359 e. The van der Waals surface area contributed by atoms with Gasteiger partial charge in [-0.2, -0.15) is 0 Å². The Kier molecular flexibility index (Phi) is 6.12. The van der Waals surface area contributed by atoms with Crippen molar-refractivity contribution in [2.45, 2.75) is 33.7 Å². The van der Waals surface area contributed by atoms with Crippen molar-refractivity contribution in [1.29, 1.82) is 0 Å². The Balaban J connectivity index is 4.26. The second-order valence-electron chi connectivity index (χ2n) is 4.94. The van der Waals surface area contributed by atoms with Gasteiger partial charge in [-0.15, -0.1) is 0 Å². The molecule has 0 saturated carbocycles. The number of amides is 1. The lowest BCUT2D eigenvalue weighted by Crippen LogP contribution is -2.45. The summed E-state index contributed by atoms with van der Waals surface area (Å²) in [5.41, 5.74) is -0.543. The first kappa shape index (κ1) is 16.4. The Morgan fingerprint density at radius 1 is 1.35 bits per heavy atom. The summed E-state index contributed by atoms with van der Waals surface area (Å²) in [4.78, 5) is 11.5. The van der Waals surface area contributed by atoms with Gasteiger partial charge in [0, 0.05) is 25.4 Å². The van der Waals surface area contributed by atoms with Crippen molar-refractivity contribution in [3.8, 4) is 0 Å². The third-order valence-corrected chi connectivity index (χ3v) is 4.57. The third kappa shape index (κ3) is 6.02. The predicted octanol–water partition coefficient (Wildman–Crippen LogP) is 0.171. The molecular weight excluding hydrogens is 240 g/mol. The van der Waals surface area contributed by atoms with Crippen molar-refractivity contribution >= 4 is 15.7 Å². The van der Waals surface area contributed by atoms with E-state index in [1.54, 1.807) is 14.0 Å². The van der Waals surface area contributed by atoms with Crippen molar-refractivity contribution in [1.82, 2.24) is 10.6 Å². The highest BCUT2D eigenvalue weighted by Crippen LogP contribution is 2.13. The Hall–Kier alpha value is -0.620. The second-order valence-corrected chi connectivity index (χ2v) is 7.34. The molecule has 2 N–H and O–H groups in total. The summed E-state index contributed by atoms with van der Waals surface area (Å²) >= 11 is 0. The van der Waals surface area contributed by atoms with E-state index in [1.807, 2.05) is 20.8 Å². The van der Waals surface area contributed by atoms with Crippen LogP contribution in [-0.4, -0.2) is 45.5 Å². The van der Waals surface area contributed by atoms with Gasteiger partial charge in [0.15, 0.2) is 9.84 Å². The van der Waals surface area contributed by atoms with Gasteiger partial charge >= 0.3 is 0 Å². The van der Waals surface area contributed by atoms with Crippen LogP contribution in [0, 0.1) is 5.41 Å². The van der Waals surface area contributed by atoms with Gasteiger partial charge in [0.05, 0.1) is 11.2 Å². The smallest absolute Gasteiger partial charge is 0.226 e. The van der Waals surface area contributed by atoms with Gasteiger partial charge in [-0.05, 0) is 20.8 Å². The number of hydrogen-bond donors (Lipinski definition) is 2. The number of hydrogen-bond acceptors (Lipinski definition) is 4. The van der Waals surface area contributed by atoms with Crippen LogP contribution < -0.4 is 10.6 Å². The van der Waals surface area contributed by atoms with Gasteiger partial charge in [-0.3, -0.25) is 4.79 Å². The lowest BCUT2D eigenvalue weighted by molar-refractivity contribution is -0.128. The molecule has 0 radical (unpaired) electrons. The highest BCUT2D eigenvalue weighted by molar-refractivity contribution is 7.91. The quantitative estimate of drug-likeness (QED) is 0.687. The summed E-state index contributed by atoms with van der Waals surface area (Å²) in [5.74, 6) is 0.195. The first-order valence-corrected chi connectivity index (χ1v) is 7.62. The zero-order valence-electron chi connectivity index (χ0n) is 11.3. The van der Waals surface area contributed by atoms with E-state index in [-0.39, 0.29) is 23.5 Å². The molecule has 0 rings (SSSR count). The van der Waals surface area contributed by atoms with Gasteiger partial charge in [-0.1, -0.05) is 6.92 Å². The summed E-state index contributed by atoms with van der Waals surface area (Å²) in [5, 5.41) is 5.68. The molecule has 0 aromatic carbocycles. The van der Waals surface area contributed by atoms with E-state index in [9.17, 15) is 13.2 Å². The lowest BCUT2D eigenvalue weighted by Gasteiger charge is -2.25. The zero-order chi connectivity index (χ0) is 13.7. The van der Waals surface area contributed by atoms with Gasteiger partial charge < -0.3 is 10.6 Å². The summed E-state index contributed by atoms with van der Waals surface area (Å²) in [6, 6.07) is -0.149. The number of sulfone groups is 1. The van der Waals surface area contributed by atoms with Gasteiger partial charge in [0.25, 0.3) is 0 Å². The highest BCUT2D eigenvalue weighted by Gasteiger charge is 2.27. The van der Waals surface area contributed by atoms with Crippen molar-refractivity contribution in [3.05, 3.63) is 0 Å². The SMILES string of the molecule is CCS(=O)(=O)CC(C)NCC(C)(C)C(=O)NC. The van der Waals surface area contributed by atoms with Crippen molar-refractivity contribution in [3.63, 3.8) is 0 Å². The molecule has 0 saturated heterocycles. The fraction of sp³-hybridized carbons (Fsp3) is 0.909. The first-order valence-electron chi connectivity index (χ1n) is 5.80. The molecule has 0 aromatic heterocycles. The first-order chi connectivity index (χ1) is 7.64. The molecule has 0 spiro atoms. The summed E-state index contributed by atoms with van der Waals surface area (Å²) in [6.45, 7) is 7.54. The summed E-state index contributed by atoms with van der Waals surface area (Å²) < 4.78 is 22.8. The fourth-order valence-electron chi connectivity index (χ4n) is 1.41. The van der Waals surface area contributed by atoms with Gasteiger partial charge in [-0.25, -0.2) is 8.42 Å². The molecule has 102 valence electrons. The van der Waals surface area contributed by atoms with Crippen molar-refractivity contribution in [2.75, 3.05) is 25.1 Å². The van der Waals surface area contributed by atoms with Crippen LogP contribution in [0.5, 0.6) is 0 Å². The molecule has 0 bridgehead atoms. The minimum absolute atomic E-state index is 0.0597.